The van der Waals surface area contributed by atoms with E-state index in [0.717, 1.165) is 25.3 Å². The summed E-state index contributed by atoms with van der Waals surface area (Å²) in [6, 6.07) is 1.72. The summed E-state index contributed by atoms with van der Waals surface area (Å²) in [6.07, 6.45) is 4.88. The molecule has 2 rings (SSSR count). The monoisotopic (exact) mass is 227 g/mol. The Hall–Kier alpha value is -0.990. The fourth-order valence-corrected chi connectivity index (χ4v) is 1.73. The lowest BCUT2D eigenvalue weighted by molar-refractivity contribution is 0.0157. The third-order valence-electron chi connectivity index (χ3n) is 2.94. The minimum atomic E-state index is -2.78. The number of aromatic nitrogens is 1. The molecular weight excluding hydrogens is 208 g/mol. The van der Waals surface area contributed by atoms with Gasteiger partial charge in [0.05, 0.1) is 0 Å². The van der Waals surface area contributed by atoms with Crippen LogP contribution < -0.4 is 0 Å². The van der Waals surface area contributed by atoms with Crippen molar-refractivity contribution in [2.75, 3.05) is 0 Å². The van der Waals surface area contributed by atoms with Crippen molar-refractivity contribution < 1.29 is 8.78 Å². The largest absolute Gasteiger partial charge is 0.272 e. The Morgan fingerprint density at radius 2 is 1.88 bits per heavy atom. The van der Waals surface area contributed by atoms with Gasteiger partial charge in [0.25, 0.3) is 5.92 Å². The molecule has 1 aromatic heterocycles. The summed E-state index contributed by atoms with van der Waals surface area (Å²) >= 11 is 0. The molecule has 16 heavy (non-hydrogen) atoms. The fraction of sp³-hybridized carbons (Fsp3) is 0.615. The summed E-state index contributed by atoms with van der Waals surface area (Å²) in [7, 11) is 0. The molecule has 3 heteroatoms. The third kappa shape index (κ3) is 2.57. The van der Waals surface area contributed by atoms with E-state index in [0.29, 0.717) is 0 Å². The Morgan fingerprint density at radius 1 is 1.31 bits per heavy atom. The molecule has 1 fully saturated rings. The van der Waals surface area contributed by atoms with Crippen molar-refractivity contribution >= 4 is 0 Å². The van der Waals surface area contributed by atoms with Gasteiger partial charge in [-0.05, 0) is 29.9 Å². The number of alkyl halides is 2. The lowest BCUT2D eigenvalue weighted by atomic mass is 9.92. The number of nitrogens with zero attached hydrogens (tertiary/aromatic N) is 1. The van der Waals surface area contributed by atoms with Crippen LogP contribution in [0.2, 0.25) is 0 Å². The smallest absolute Gasteiger partial charge is 0.264 e. The molecule has 0 saturated heterocycles. The molecule has 1 aromatic rings. The zero-order chi connectivity index (χ0) is 12.4. The van der Waals surface area contributed by atoms with Crippen LogP contribution in [-0.4, -0.2) is 4.98 Å². The maximum absolute atomic E-state index is 13.2. The van der Waals surface area contributed by atoms with Crippen molar-refractivity contribution in [2.24, 2.45) is 0 Å². The van der Waals surface area contributed by atoms with Gasteiger partial charge in [0, 0.05) is 24.9 Å². The highest BCUT2D eigenvalue weighted by atomic mass is 19.3. The molecule has 0 aromatic carbocycles. The van der Waals surface area contributed by atoms with E-state index in [1.165, 1.54) is 6.20 Å². The van der Waals surface area contributed by atoms with Crippen molar-refractivity contribution in [1.82, 2.24) is 4.98 Å². The first-order chi connectivity index (χ1) is 7.43. The van der Waals surface area contributed by atoms with Crippen LogP contribution in [0.3, 0.4) is 0 Å². The highest BCUT2D eigenvalue weighted by molar-refractivity contribution is 5.37. The van der Waals surface area contributed by atoms with Crippen LogP contribution in [0.15, 0.2) is 18.5 Å². The number of rotatable bonds is 2. The standard InChI is InChI=1S/C11H13F2N.C2H6/c1-10(4-5-10)8-3-6-14-7-9(8)11(2,12)13;1-2/h3,6-7H,4-5H2,1-2H3;1-2H3. The molecule has 1 saturated carbocycles. The van der Waals surface area contributed by atoms with E-state index < -0.39 is 5.92 Å². The fourth-order valence-electron chi connectivity index (χ4n) is 1.73. The summed E-state index contributed by atoms with van der Waals surface area (Å²) < 4.78 is 26.5. The van der Waals surface area contributed by atoms with Crippen molar-refractivity contribution in [1.29, 1.82) is 0 Å². The van der Waals surface area contributed by atoms with E-state index in [1.807, 2.05) is 20.8 Å². The maximum Gasteiger partial charge on any atom is 0.272 e. The van der Waals surface area contributed by atoms with Gasteiger partial charge in [0.2, 0.25) is 0 Å². The summed E-state index contributed by atoms with van der Waals surface area (Å²) in [4.78, 5) is 3.77. The molecule has 0 amide bonds. The third-order valence-corrected chi connectivity index (χ3v) is 2.94. The summed E-state index contributed by atoms with van der Waals surface area (Å²) in [5.41, 5.74) is 0.817. The first-order valence-corrected chi connectivity index (χ1v) is 5.76. The van der Waals surface area contributed by atoms with E-state index in [9.17, 15) is 8.78 Å². The average molecular weight is 227 g/mol. The van der Waals surface area contributed by atoms with E-state index in [4.69, 9.17) is 0 Å². The van der Waals surface area contributed by atoms with Gasteiger partial charge in [0.1, 0.15) is 0 Å². The molecule has 1 aliphatic carbocycles. The second-order valence-electron chi connectivity index (χ2n) is 4.37. The molecule has 0 unspecified atom stereocenters. The van der Waals surface area contributed by atoms with Crippen LogP contribution in [0, 0.1) is 0 Å². The maximum atomic E-state index is 13.2. The Labute approximate surface area is 95.9 Å². The second kappa shape index (κ2) is 4.48. The summed E-state index contributed by atoms with van der Waals surface area (Å²) in [6.45, 7) is 6.96. The minimum Gasteiger partial charge on any atom is -0.264 e. The Morgan fingerprint density at radius 3 is 2.31 bits per heavy atom. The average Bonchev–Trinajstić information content (AvgIpc) is 3.00. The molecule has 1 heterocycles. The molecule has 1 aliphatic rings. The molecule has 0 aliphatic heterocycles. The van der Waals surface area contributed by atoms with Crippen LogP contribution in [-0.2, 0) is 11.3 Å². The van der Waals surface area contributed by atoms with Crippen molar-refractivity contribution in [2.45, 2.75) is 51.9 Å². The number of hydrogen-bond donors (Lipinski definition) is 0. The first kappa shape index (κ1) is 13.1. The number of pyridine rings is 1. The van der Waals surface area contributed by atoms with E-state index >= 15 is 0 Å². The summed E-state index contributed by atoms with van der Waals surface area (Å²) in [5.74, 6) is -2.78. The van der Waals surface area contributed by atoms with Gasteiger partial charge in [-0.2, -0.15) is 0 Å². The molecule has 1 nitrogen and oxygen atoms in total. The normalized spacial score (nSPS) is 17.4. The zero-order valence-electron chi connectivity index (χ0n) is 10.3. The minimum absolute atomic E-state index is 0.0300. The van der Waals surface area contributed by atoms with Crippen LogP contribution in [0.5, 0.6) is 0 Å². The van der Waals surface area contributed by atoms with Gasteiger partial charge in [0.15, 0.2) is 0 Å². The Bertz CT molecular complexity index is 327. The van der Waals surface area contributed by atoms with Gasteiger partial charge in [-0.3, -0.25) is 4.98 Å². The zero-order valence-corrected chi connectivity index (χ0v) is 10.3. The molecule has 0 radical (unpaired) electrons. The van der Waals surface area contributed by atoms with Crippen LogP contribution in [0.1, 0.15) is 51.7 Å². The van der Waals surface area contributed by atoms with E-state index in [-0.39, 0.29) is 11.0 Å². The van der Waals surface area contributed by atoms with Gasteiger partial charge in [-0.15, -0.1) is 0 Å². The molecule has 0 bridgehead atoms. The predicted octanol–water partition coefficient (Wildman–Crippen LogP) is 4.27. The van der Waals surface area contributed by atoms with Crippen molar-refractivity contribution in [3.63, 3.8) is 0 Å². The van der Waals surface area contributed by atoms with Gasteiger partial charge < -0.3 is 0 Å². The van der Waals surface area contributed by atoms with Crippen LogP contribution in [0.25, 0.3) is 0 Å². The van der Waals surface area contributed by atoms with Gasteiger partial charge in [-0.25, -0.2) is 8.78 Å². The quantitative estimate of drug-likeness (QED) is 0.735. The van der Waals surface area contributed by atoms with E-state index in [2.05, 4.69) is 4.98 Å². The molecule has 0 N–H and O–H groups in total. The van der Waals surface area contributed by atoms with E-state index in [1.54, 1.807) is 12.3 Å². The topological polar surface area (TPSA) is 12.9 Å². The SMILES string of the molecule is CC.CC(F)(F)c1cnccc1C1(C)CC1. The number of hydrogen-bond acceptors (Lipinski definition) is 1. The van der Waals surface area contributed by atoms with Crippen LogP contribution >= 0.6 is 0 Å². The van der Waals surface area contributed by atoms with Crippen molar-refractivity contribution in [3.05, 3.63) is 29.6 Å². The highest BCUT2D eigenvalue weighted by Gasteiger charge is 2.43. The molecular formula is C13H19F2N. The summed E-state index contributed by atoms with van der Waals surface area (Å²) in [5, 5.41) is 0. The van der Waals surface area contributed by atoms with Gasteiger partial charge >= 0.3 is 0 Å². The Kier molecular flexibility index (Phi) is 3.66. The Balaban J connectivity index is 0.000000606. The highest BCUT2D eigenvalue weighted by Crippen LogP contribution is 2.50. The van der Waals surface area contributed by atoms with Crippen LogP contribution in [0.4, 0.5) is 8.78 Å². The van der Waals surface area contributed by atoms with Gasteiger partial charge in [-0.1, -0.05) is 20.8 Å². The molecule has 0 spiro atoms. The molecule has 0 atom stereocenters. The lowest BCUT2D eigenvalue weighted by Gasteiger charge is -2.18. The lowest BCUT2D eigenvalue weighted by Crippen LogP contribution is -2.15. The predicted molar refractivity (Wildman–Crippen MR) is 61.7 cm³/mol. The number of halogens is 2. The molecule has 90 valence electrons. The first-order valence-electron chi connectivity index (χ1n) is 5.76. The second-order valence-corrected chi connectivity index (χ2v) is 4.37. The van der Waals surface area contributed by atoms with Crippen molar-refractivity contribution in [3.8, 4) is 0 Å².